The zero-order chi connectivity index (χ0) is 19.7. The average Bonchev–Trinajstić information content (AvgIpc) is 3.10. The molecule has 0 saturated carbocycles. The van der Waals surface area contributed by atoms with Crippen molar-refractivity contribution in [2.24, 2.45) is 0 Å². The molecule has 0 radical (unpaired) electrons. The Balaban J connectivity index is 1.59. The van der Waals surface area contributed by atoms with Crippen LogP contribution in [-0.2, 0) is 6.54 Å². The first-order valence-corrected chi connectivity index (χ1v) is 9.30. The maximum Gasteiger partial charge on any atom is 0.322 e. The van der Waals surface area contributed by atoms with Gasteiger partial charge in [-0.05, 0) is 43.2 Å². The highest BCUT2D eigenvalue weighted by Crippen LogP contribution is 2.37. The fraction of sp³-hybridized carbons (Fsp3) is 0.227. The van der Waals surface area contributed by atoms with Crippen LogP contribution in [0.3, 0.4) is 0 Å². The largest absolute Gasteiger partial charge is 0.322 e. The first-order chi connectivity index (χ1) is 13.6. The molecule has 1 atom stereocenters. The van der Waals surface area contributed by atoms with Gasteiger partial charge in [0.15, 0.2) is 0 Å². The molecule has 3 heterocycles. The summed E-state index contributed by atoms with van der Waals surface area (Å²) in [5.74, 6) is -0.362. The predicted octanol–water partition coefficient (Wildman–Crippen LogP) is 5.09. The van der Waals surface area contributed by atoms with Gasteiger partial charge in [0.1, 0.15) is 5.82 Å². The number of nitrogens with one attached hydrogen (secondary N) is 1. The van der Waals surface area contributed by atoms with Crippen LogP contribution in [0.2, 0.25) is 0 Å². The van der Waals surface area contributed by atoms with E-state index in [1.165, 1.54) is 6.20 Å². The molecular formula is C22H21FN4O. The van der Waals surface area contributed by atoms with E-state index in [1.807, 2.05) is 50.2 Å². The Morgan fingerprint density at radius 2 is 2.14 bits per heavy atom. The number of fused-ring (bicyclic) bond motifs is 1. The number of carbonyl (C=O) groups excluding carboxylic acids is 1. The minimum absolute atomic E-state index is 0.182. The molecule has 0 bridgehead atoms. The molecule has 1 aromatic carbocycles. The monoisotopic (exact) mass is 376 g/mol. The second kappa shape index (κ2) is 7.38. The quantitative estimate of drug-likeness (QED) is 0.693. The van der Waals surface area contributed by atoms with E-state index in [0.29, 0.717) is 17.7 Å². The fourth-order valence-electron chi connectivity index (χ4n) is 3.73. The summed E-state index contributed by atoms with van der Waals surface area (Å²) in [7, 11) is 0. The van der Waals surface area contributed by atoms with E-state index < -0.39 is 0 Å². The molecule has 0 saturated heterocycles. The first kappa shape index (κ1) is 18.1. The van der Waals surface area contributed by atoms with E-state index in [4.69, 9.17) is 0 Å². The van der Waals surface area contributed by atoms with E-state index >= 15 is 0 Å². The highest BCUT2D eigenvalue weighted by Gasteiger charge is 2.34. The Kier molecular flexibility index (Phi) is 4.77. The highest BCUT2D eigenvalue weighted by molar-refractivity contribution is 5.91. The van der Waals surface area contributed by atoms with Gasteiger partial charge in [0.2, 0.25) is 0 Å². The molecule has 5 nitrogen and oxygen atoms in total. The van der Waals surface area contributed by atoms with Crippen LogP contribution < -0.4 is 5.32 Å². The number of benzene rings is 1. The Morgan fingerprint density at radius 3 is 2.89 bits per heavy atom. The van der Waals surface area contributed by atoms with Crippen molar-refractivity contribution in [3.05, 3.63) is 77.5 Å². The van der Waals surface area contributed by atoms with Crippen molar-refractivity contribution in [2.75, 3.05) is 5.32 Å². The van der Waals surface area contributed by atoms with E-state index in [-0.39, 0.29) is 24.4 Å². The van der Waals surface area contributed by atoms with Gasteiger partial charge in [-0.15, -0.1) is 0 Å². The summed E-state index contributed by atoms with van der Waals surface area (Å²) in [5.41, 5.74) is 4.91. The topological polar surface area (TPSA) is 58.1 Å². The number of anilines is 1. The summed E-state index contributed by atoms with van der Waals surface area (Å²) in [4.78, 5) is 23.0. The second-order valence-corrected chi connectivity index (χ2v) is 6.92. The van der Waals surface area contributed by atoms with Gasteiger partial charge in [0.05, 0.1) is 24.5 Å². The van der Waals surface area contributed by atoms with E-state index in [9.17, 15) is 9.18 Å². The lowest BCUT2D eigenvalue weighted by atomic mass is 10.0. The Labute approximate surface area is 163 Å². The lowest BCUT2D eigenvalue weighted by Gasteiger charge is -2.24. The van der Waals surface area contributed by atoms with Crippen LogP contribution in [0.1, 0.15) is 36.1 Å². The first-order valence-electron chi connectivity index (χ1n) is 9.30. The van der Waals surface area contributed by atoms with Gasteiger partial charge in [0.25, 0.3) is 0 Å². The van der Waals surface area contributed by atoms with Crippen LogP contribution in [0.15, 0.2) is 55.0 Å². The average molecular weight is 376 g/mol. The van der Waals surface area contributed by atoms with Crippen LogP contribution in [0, 0.1) is 12.7 Å². The SMILES string of the molecule is CC[C@@H]1c2cncc(F)c2CN1C(=O)Nc1ccc(C)c(-c2ccccn2)c1. The summed E-state index contributed by atoms with van der Waals surface area (Å²) < 4.78 is 14.1. The molecule has 0 spiro atoms. The lowest BCUT2D eigenvalue weighted by Crippen LogP contribution is -2.33. The summed E-state index contributed by atoms with van der Waals surface area (Å²) in [6.45, 7) is 4.23. The maximum absolute atomic E-state index is 14.1. The Hall–Kier alpha value is -3.28. The maximum atomic E-state index is 14.1. The highest BCUT2D eigenvalue weighted by atomic mass is 19.1. The van der Waals surface area contributed by atoms with Crippen molar-refractivity contribution >= 4 is 11.7 Å². The number of hydrogen-bond acceptors (Lipinski definition) is 3. The number of rotatable bonds is 3. The molecule has 0 aliphatic carbocycles. The summed E-state index contributed by atoms with van der Waals surface area (Å²) in [6, 6.07) is 11.1. The van der Waals surface area contributed by atoms with Gasteiger partial charge in [-0.2, -0.15) is 0 Å². The number of amides is 2. The molecule has 3 aromatic rings. The second-order valence-electron chi connectivity index (χ2n) is 6.92. The van der Waals surface area contributed by atoms with Gasteiger partial charge < -0.3 is 10.2 Å². The zero-order valence-electron chi connectivity index (χ0n) is 15.8. The normalized spacial score (nSPS) is 15.4. The van der Waals surface area contributed by atoms with Gasteiger partial charge in [-0.3, -0.25) is 9.97 Å². The number of nitrogens with zero attached hydrogens (tertiary/aromatic N) is 3. The standard InChI is InChI=1S/C22H21FN4O/c1-3-21-17-11-24-12-19(23)18(17)13-27(21)22(28)26-15-8-7-14(2)16(10-15)20-6-4-5-9-25-20/h4-12,21H,3,13H2,1-2H3,(H,26,28)/t21-/m1/s1. The molecule has 142 valence electrons. The number of aromatic nitrogens is 2. The minimum Gasteiger partial charge on any atom is -0.313 e. The molecule has 1 N–H and O–H groups in total. The third-order valence-electron chi connectivity index (χ3n) is 5.18. The van der Waals surface area contributed by atoms with Crippen molar-refractivity contribution in [1.82, 2.24) is 14.9 Å². The van der Waals surface area contributed by atoms with E-state index in [1.54, 1.807) is 17.3 Å². The Morgan fingerprint density at radius 1 is 1.29 bits per heavy atom. The van der Waals surface area contributed by atoms with Gasteiger partial charge in [0, 0.05) is 34.8 Å². The molecule has 4 rings (SSSR count). The third-order valence-corrected chi connectivity index (χ3v) is 5.18. The number of pyridine rings is 2. The molecule has 2 aromatic heterocycles. The lowest BCUT2D eigenvalue weighted by molar-refractivity contribution is 0.192. The predicted molar refractivity (Wildman–Crippen MR) is 106 cm³/mol. The summed E-state index contributed by atoms with van der Waals surface area (Å²) >= 11 is 0. The molecule has 0 unspecified atom stereocenters. The molecule has 1 aliphatic heterocycles. The molecule has 6 heteroatoms. The molecule has 2 amide bonds. The Bertz CT molecular complexity index is 1020. The van der Waals surface area contributed by atoms with Gasteiger partial charge in [-0.1, -0.05) is 19.1 Å². The molecular weight excluding hydrogens is 355 g/mol. The van der Waals surface area contributed by atoms with Crippen LogP contribution in [0.4, 0.5) is 14.9 Å². The van der Waals surface area contributed by atoms with Crippen molar-refractivity contribution in [1.29, 1.82) is 0 Å². The van der Waals surface area contributed by atoms with Gasteiger partial charge in [-0.25, -0.2) is 9.18 Å². The van der Waals surface area contributed by atoms with E-state index in [2.05, 4.69) is 15.3 Å². The van der Waals surface area contributed by atoms with Crippen molar-refractivity contribution in [2.45, 2.75) is 32.9 Å². The molecule has 0 fully saturated rings. The summed E-state index contributed by atoms with van der Waals surface area (Å²) in [5, 5.41) is 2.96. The van der Waals surface area contributed by atoms with E-state index in [0.717, 1.165) is 22.4 Å². The van der Waals surface area contributed by atoms with Crippen molar-refractivity contribution in [3.8, 4) is 11.3 Å². The van der Waals surface area contributed by atoms with Gasteiger partial charge >= 0.3 is 6.03 Å². The number of carbonyl (C=O) groups is 1. The smallest absolute Gasteiger partial charge is 0.313 e. The van der Waals surface area contributed by atoms with Crippen molar-refractivity contribution < 1.29 is 9.18 Å². The number of urea groups is 1. The van der Waals surface area contributed by atoms with Crippen LogP contribution in [0.5, 0.6) is 0 Å². The third kappa shape index (κ3) is 3.22. The van der Waals surface area contributed by atoms with Crippen molar-refractivity contribution in [3.63, 3.8) is 0 Å². The van der Waals surface area contributed by atoms with Crippen LogP contribution in [-0.4, -0.2) is 20.9 Å². The number of aryl methyl sites for hydroxylation is 1. The van der Waals surface area contributed by atoms with Crippen LogP contribution >= 0.6 is 0 Å². The molecule has 1 aliphatic rings. The number of hydrogen-bond donors (Lipinski definition) is 1. The zero-order valence-corrected chi connectivity index (χ0v) is 15.8. The number of halogens is 1. The summed E-state index contributed by atoms with van der Waals surface area (Å²) in [6.07, 6.45) is 5.30. The fourth-order valence-corrected chi connectivity index (χ4v) is 3.73. The minimum atomic E-state index is -0.362. The molecule has 28 heavy (non-hydrogen) atoms. The van der Waals surface area contributed by atoms with Crippen LogP contribution in [0.25, 0.3) is 11.3 Å².